The smallest absolute Gasteiger partial charge is 0.0341 e. The third-order valence-corrected chi connectivity index (χ3v) is 4.23. The van der Waals surface area contributed by atoms with Crippen LogP contribution in [0.5, 0.6) is 0 Å². The highest BCUT2D eigenvalue weighted by molar-refractivity contribution is 5.65. The van der Waals surface area contributed by atoms with Gasteiger partial charge in [-0.2, -0.15) is 0 Å². The van der Waals surface area contributed by atoms with Crippen molar-refractivity contribution in [2.24, 2.45) is 0 Å². The van der Waals surface area contributed by atoms with E-state index in [1.807, 2.05) is 0 Å². The first kappa shape index (κ1) is 14.2. The maximum absolute atomic E-state index is 3.63. The predicted molar refractivity (Wildman–Crippen MR) is 90.6 cm³/mol. The number of rotatable bonds is 6. The van der Waals surface area contributed by atoms with Crippen LogP contribution in [0.3, 0.4) is 0 Å². The fraction of sp³-hybridized carbons (Fsp3) is 0.368. The molecule has 0 bridgehead atoms. The van der Waals surface area contributed by atoms with Crippen LogP contribution in [0.15, 0.2) is 54.6 Å². The molecule has 0 spiro atoms. The molecule has 2 aromatic rings. The summed E-state index contributed by atoms with van der Waals surface area (Å²) >= 11 is 0. The van der Waals surface area contributed by atoms with E-state index >= 15 is 0 Å². The lowest BCUT2D eigenvalue weighted by atomic mass is 10.1. The number of benzene rings is 2. The Balaban J connectivity index is 1.46. The summed E-state index contributed by atoms with van der Waals surface area (Å²) in [6.45, 7) is 2.03. The Labute approximate surface area is 127 Å². The molecule has 0 radical (unpaired) electrons. The Morgan fingerprint density at radius 2 is 1.43 bits per heavy atom. The third kappa shape index (κ3) is 4.08. The zero-order chi connectivity index (χ0) is 14.3. The number of anilines is 1. The van der Waals surface area contributed by atoms with E-state index in [1.165, 1.54) is 42.5 Å². The molecular weight excluding hydrogens is 256 g/mol. The quantitative estimate of drug-likeness (QED) is 0.771. The molecule has 0 aromatic heterocycles. The van der Waals surface area contributed by atoms with Crippen molar-refractivity contribution in [2.75, 3.05) is 18.4 Å². The van der Waals surface area contributed by atoms with Crippen LogP contribution in [-0.4, -0.2) is 19.1 Å². The van der Waals surface area contributed by atoms with E-state index in [4.69, 9.17) is 0 Å². The summed E-state index contributed by atoms with van der Waals surface area (Å²) in [6.07, 6.45) is 5.50. The van der Waals surface area contributed by atoms with E-state index in [2.05, 4.69) is 65.2 Å². The van der Waals surface area contributed by atoms with Gasteiger partial charge in [0.2, 0.25) is 0 Å². The average Bonchev–Trinajstić information content (AvgIpc) is 3.06. The van der Waals surface area contributed by atoms with Gasteiger partial charge in [-0.05, 0) is 36.1 Å². The zero-order valence-electron chi connectivity index (χ0n) is 12.5. The molecule has 2 nitrogen and oxygen atoms in total. The van der Waals surface area contributed by atoms with Crippen LogP contribution in [0.1, 0.15) is 25.7 Å². The predicted octanol–water partition coefficient (Wildman–Crippen LogP) is 4.30. The summed E-state index contributed by atoms with van der Waals surface area (Å²) < 4.78 is 0. The van der Waals surface area contributed by atoms with Crippen molar-refractivity contribution < 1.29 is 0 Å². The lowest BCUT2D eigenvalue weighted by molar-refractivity contribution is 0.536. The number of nitrogens with one attached hydrogen (secondary N) is 2. The highest BCUT2D eigenvalue weighted by Gasteiger charge is 2.12. The molecule has 21 heavy (non-hydrogen) atoms. The van der Waals surface area contributed by atoms with Crippen LogP contribution in [0.2, 0.25) is 0 Å². The first-order chi connectivity index (χ1) is 10.4. The van der Waals surface area contributed by atoms with Gasteiger partial charge in [0.15, 0.2) is 0 Å². The van der Waals surface area contributed by atoms with Gasteiger partial charge in [0.05, 0.1) is 0 Å². The van der Waals surface area contributed by atoms with Crippen LogP contribution in [-0.2, 0) is 0 Å². The molecule has 0 aliphatic heterocycles. The van der Waals surface area contributed by atoms with Crippen molar-refractivity contribution in [2.45, 2.75) is 31.7 Å². The first-order valence-electron chi connectivity index (χ1n) is 8.04. The summed E-state index contributed by atoms with van der Waals surface area (Å²) in [6, 6.07) is 20.0. The molecule has 3 rings (SSSR count). The molecular formula is C19H24N2. The van der Waals surface area contributed by atoms with E-state index in [-0.39, 0.29) is 0 Å². The van der Waals surface area contributed by atoms with Gasteiger partial charge in [-0.1, -0.05) is 55.3 Å². The van der Waals surface area contributed by atoms with Crippen molar-refractivity contribution in [3.8, 4) is 11.1 Å². The monoisotopic (exact) mass is 280 g/mol. The van der Waals surface area contributed by atoms with Crippen molar-refractivity contribution in [1.82, 2.24) is 5.32 Å². The Kier molecular flexibility index (Phi) is 4.90. The summed E-state index contributed by atoms with van der Waals surface area (Å²) in [7, 11) is 0. The van der Waals surface area contributed by atoms with Crippen LogP contribution in [0, 0.1) is 0 Å². The van der Waals surface area contributed by atoms with Gasteiger partial charge >= 0.3 is 0 Å². The molecule has 0 saturated heterocycles. The Hall–Kier alpha value is -1.80. The maximum Gasteiger partial charge on any atom is 0.0341 e. The topological polar surface area (TPSA) is 24.1 Å². The summed E-state index contributed by atoms with van der Waals surface area (Å²) in [5, 5.41) is 7.11. The molecule has 0 atom stereocenters. The number of hydrogen-bond acceptors (Lipinski definition) is 2. The maximum atomic E-state index is 3.63. The zero-order valence-corrected chi connectivity index (χ0v) is 12.5. The van der Waals surface area contributed by atoms with Gasteiger partial charge in [0, 0.05) is 24.8 Å². The Bertz CT molecular complexity index is 527. The Morgan fingerprint density at radius 1 is 0.762 bits per heavy atom. The molecule has 110 valence electrons. The third-order valence-electron chi connectivity index (χ3n) is 4.23. The van der Waals surface area contributed by atoms with E-state index in [0.29, 0.717) is 0 Å². The molecule has 0 amide bonds. The highest BCUT2D eigenvalue weighted by Crippen LogP contribution is 2.21. The van der Waals surface area contributed by atoms with Crippen LogP contribution in [0.25, 0.3) is 11.1 Å². The van der Waals surface area contributed by atoms with Gasteiger partial charge in [0.25, 0.3) is 0 Å². The van der Waals surface area contributed by atoms with Crippen molar-refractivity contribution in [1.29, 1.82) is 0 Å². The second kappa shape index (κ2) is 7.28. The minimum absolute atomic E-state index is 0.757. The lowest BCUT2D eigenvalue weighted by Gasteiger charge is -2.13. The molecule has 1 fully saturated rings. The molecule has 2 heteroatoms. The van der Waals surface area contributed by atoms with Crippen LogP contribution in [0.4, 0.5) is 5.69 Å². The molecule has 2 aromatic carbocycles. The minimum atomic E-state index is 0.757. The minimum Gasteiger partial charge on any atom is -0.384 e. The fourth-order valence-electron chi connectivity index (χ4n) is 3.02. The largest absolute Gasteiger partial charge is 0.384 e. The summed E-state index contributed by atoms with van der Waals surface area (Å²) in [5.41, 5.74) is 3.74. The lowest BCUT2D eigenvalue weighted by Crippen LogP contribution is -2.30. The van der Waals surface area contributed by atoms with Gasteiger partial charge in [0.1, 0.15) is 0 Å². The summed E-state index contributed by atoms with van der Waals surface area (Å²) in [5.74, 6) is 0. The van der Waals surface area contributed by atoms with Gasteiger partial charge < -0.3 is 10.6 Å². The van der Waals surface area contributed by atoms with E-state index in [0.717, 1.165) is 19.1 Å². The SMILES string of the molecule is c1ccc(-c2ccc(NCCNC3CCCC3)cc2)cc1. The second-order valence-electron chi connectivity index (χ2n) is 5.81. The molecule has 0 heterocycles. The normalized spacial score (nSPS) is 15.2. The van der Waals surface area contributed by atoms with Crippen molar-refractivity contribution >= 4 is 5.69 Å². The standard InChI is InChI=1S/C19H24N2/c1-2-6-16(7-3-1)17-10-12-19(13-11-17)21-15-14-20-18-8-4-5-9-18/h1-3,6-7,10-13,18,20-21H,4-5,8-9,14-15H2. The van der Waals surface area contributed by atoms with Crippen LogP contribution < -0.4 is 10.6 Å². The molecule has 1 aliphatic carbocycles. The van der Waals surface area contributed by atoms with Gasteiger partial charge in [-0.3, -0.25) is 0 Å². The first-order valence-corrected chi connectivity index (χ1v) is 8.04. The second-order valence-corrected chi connectivity index (χ2v) is 5.81. The van der Waals surface area contributed by atoms with Crippen molar-refractivity contribution in [3.05, 3.63) is 54.6 Å². The van der Waals surface area contributed by atoms with Gasteiger partial charge in [-0.15, -0.1) is 0 Å². The summed E-state index contributed by atoms with van der Waals surface area (Å²) in [4.78, 5) is 0. The average molecular weight is 280 g/mol. The fourth-order valence-corrected chi connectivity index (χ4v) is 3.02. The van der Waals surface area contributed by atoms with Gasteiger partial charge in [-0.25, -0.2) is 0 Å². The molecule has 1 saturated carbocycles. The number of hydrogen-bond donors (Lipinski definition) is 2. The van der Waals surface area contributed by atoms with Crippen molar-refractivity contribution in [3.63, 3.8) is 0 Å². The molecule has 0 unspecified atom stereocenters. The molecule has 1 aliphatic rings. The van der Waals surface area contributed by atoms with E-state index < -0.39 is 0 Å². The van der Waals surface area contributed by atoms with E-state index in [9.17, 15) is 0 Å². The Morgan fingerprint density at radius 3 is 2.14 bits per heavy atom. The highest BCUT2D eigenvalue weighted by atomic mass is 15.0. The molecule has 2 N–H and O–H groups in total. The van der Waals surface area contributed by atoms with Crippen LogP contribution >= 0.6 is 0 Å². The van der Waals surface area contributed by atoms with E-state index in [1.54, 1.807) is 0 Å².